The average Bonchev–Trinajstić information content (AvgIpc) is 2.73. The van der Waals surface area contributed by atoms with Crippen molar-refractivity contribution in [3.8, 4) is 5.75 Å². The smallest absolute Gasteiger partial charge is 0.141 e. The Morgan fingerprint density at radius 2 is 2.00 bits per heavy atom. The third-order valence-electron chi connectivity index (χ3n) is 2.54. The zero-order chi connectivity index (χ0) is 12.3. The summed E-state index contributed by atoms with van der Waals surface area (Å²) in [4.78, 5) is 0. The fourth-order valence-electron chi connectivity index (χ4n) is 1.71. The van der Waals surface area contributed by atoms with Crippen molar-refractivity contribution >= 4 is 0 Å². The minimum atomic E-state index is -0.175. The monoisotopic (exact) mass is 231 g/mol. The maximum atomic E-state index is 5.96. The summed E-state index contributed by atoms with van der Waals surface area (Å²) >= 11 is 0. The number of aromatic nitrogens is 2. The van der Waals surface area contributed by atoms with Crippen LogP contribution in [0.4, 0.5) is 0 Å². The number of ether oxygens (including phenoxy) is 1. The predicted octanol–water partition coefficient (Wildman–Crippen LogP) is 1.89. The van der Waals surface area contributed by atoms with Crippen molar-refractivity contribution in [2.45, 2.75) is 19.1 Å². The van der Waals surface area contributed by atoms with Gasteiger partial charge in [0.25, 0.3) is 0 Å². The molecule has 2 aromatic rings. The molecule has 1 aromatic heterocycles. The largest absolute Gasteiger partial charge is 0.484 e. The molecule has 0 saturated heterocycles. The summed E-state index contributed by atoms with van der Waals surface area (Å²) in [6.45, 7) is 1.93. The summed E-state index contributed by atoms with van der Waals surface area (Å²) in [6.07, 6.45) is 3.54. The first-order chi connectivity index (χ1) is 8.16. The molecule has 17 heavy (non-hydrogen) atoms. The van der Waals surface area contributed by atoms with Gasteiger partial charge in [0.15, 0.2) is 0 Å². The van der Waals surface area contributed by atoms with Crippen LogP contribution in [0.5, 0.6) is 5.75 Å². The normalized spacial score (nSPS) is 14.3. The van der Waals surface area contributed by atoms with E-state index in [2.05, 4.69) is 5.10 Å². The summed E-state index contributed by atoms with van der Waals surface area (Å²) in [5.74, 6) is 0.818. The summed E-state index contributed by atoms with van der Waals surface area (Å²) in [6, 6.07) is 9.59. The molecule has 2 N–H and O–H groups in total. The van der Waals surface area contributed by atoms with E-state index in [1.807, 2.05) is 50.5 Å². The van der Waals surface area contributed by atoms with Crippen LogP contribution in [0.3, 0.4) is 0 Å². The second-order valence-electron chi connectivity index (χ2n) is 4.16. The van der Waals surface area contributed by atoms with E-state index in [9.17, 15) is 0 Å². The summed E-state index contributed by atoms with van der Waals surface area (Å²) < 4.78 is 7.65. The molecule has 1 heterocycles. The highest BCUT2D eigenvalue weighted by Crippen LogP contribution is 2.23. The minimum absolute atomic E-state index is 0.0978. The van der Waals surface area contributed by atoms with Crippen LogP contribution in [0.15, 0.2) is 42.7 Å². The summed E-state index contributed by atoms with van der Waals surface area (Å²) in [5.41, 5.74) is 6.96. The third kappa shape index (κ3) is 2.85. The van der Waals surface area contributed by atoms with Crippen molar-refractivity contribution in [3.05, 3.63) is 48.3 Å². The molecule has 2 unspecified atom stereocenters. The lowest BCUT2D eigenvalue weighted by Gasteiger charge is -2.21. The van der Waals surface area contributed by atoms with Crippen LogP contribution in [0.2, 0.25) is 0 Å². The Hall–Kier alpha value is -1.81. The van der Waals surface area contributed by atoms with Crippen molar-refractivity contribution in [2.75, 3.05) is 0 Å². The Morgan fingerprint density at radius 1 is 1.29 bits per heavy atom. The number of aryl methyl sites for hydroxylation is 1. The molecule has 0 fully saturated rings. The van der Waals surface area contributed by atoms with Crippen LogP contribution in [0, 0.1) is 0 Å². The van der Waals surface area contributed by atoms with E-state index in [4.69, 9.17) is 10.5 Å². The van der Waals surface area contributed by atoms with Gasteiger partial charge in [0.2, 0.25) is 0 Å². The van der Waals surface area contributed by atoms with Gasteiger partial charge in [0, 0.05) is 24.8 Å². The molecule has 0 aliphatic carbocycles. The standard InChI is InChI=1S/C13H17N3O/c1-10(14)13(11-8-15-16(2)9-11)17-12-6-4-3-5-7-12/h3-10,13H,14H2,1-2H3. The van der Waals surface area contributed by atoms with Crippen LogP contribution in [0.1, 0.15) is 18.6 Å². The molecule has 2 rings (SSSR count). The number of rotatable bonds is 4. The van der Waals surface area contributed by atoms with Crippen LogP contribution in [-0.4, -0.2) is 15.8 Å². The molecule has 4 heteroatoms. The Kier molecular flexibility index (Phi) is 3.44. The Balaban J connectivity index is 2.19. The number of para-hydroxylation sites is 1. The van der Waals surface area contributed by atoms with Crippen molar-refractivity contribution in [3.63, 3.8) is 0 Å². The quantitative estimate of drug-likeness (QED) is 0.874. The third-order valence-corrected chi connectivity index (χ3v) is 2.54. The molecule has 0 saturated carbocycles. The maximum Gasteiger partial charge on any atom is 0.141 e. The second-order valence-corrected chi connectivity index (χ2v) is 4.16. The molecule has 0 aliphatic heterocycles. The topological polar surface area (TPSA) is 53.1 Å². The summed E-state index contributed by atoms with van der Waals surface area (Å²) in [7, 11) is 1.88. The van der Waals surface area contributed by atoms with Crippen LogP contribution in [-0.2, 0) is 7.05 Å². The van der Waals surface area contributed by atoms with E-state index >= 15 is 0 Å². The highest BCUT2D eigenvalue weighted by molar-refractivity contribution is 5.23. The van der Waals surface area contributed by atoms with Crippen LogP contribution >= 0.6 is 0 Å². The van der Waals surface area contributed by atoms with Gasteiger partial charge >= 0.3 is 0 Å². The van der Waals surface area contributed by atoms with Gasteiger partial charge in [0.05, 0.1) is 6.20 Å². The van der Waals surface area contributed by atoms with Gasteiger partial charge in [-0.1, -0.05) is 18.2 Å². The molecule has 0 amide bonds. The van der Waals surface area contributed by atoms with E-state index < -0.39 is 0 Å². The molecule has 1 aromatic carbocycles. The van der Waals surface area contributed by atoms with Gasteiger partial charge in [-0.2, -0.15) is 5.10 Å². The van der Waals surface area contributed by atoms with Crippen molar-refractivity contribution in [1.29, 1.82) is 0 Å². The maximum absolute atomic E-state index is 5.96. The SMILES string of the molecule is CC(N)C(Oc1ccccc1)c1cnn(C)c1. The predicted molar refractivity (Wildman–Crippen MR) is 66.7 cm³/mol. The fraction of sp³-hybridized carbons (Fsp3) is 0.308. The molecule has 0 spiro atoms. The molecular formula is C13H17N3O. The molecule has 0 aliphatic rings. The highest BCUT2D eigenvalue weighted by atomic mass is 16.5. The number of hydrogen-bond donors (Lipinski definition) is 1. The van der Waals surface area contributed by atoms with Crippen molar-refractivity contribution in [1.82, 2.24) is 9.78 Å². The minimum Gasteiger partial charge on any atom is -0.484 e. The molecular weight excluding hydrogens is 214 g/mol. The highest BCUT2D eigenvalue weighted by Gasteiger charge is 2.19. The van der Waals surface area contributed by atoms with Crippen molar-refractivity contribution in [2.24, 2.45) is 12.8 Å². The van der Waals surface area contributed by atoms with E-state index in [1.54, 1.807) is 10.9 Å². The van der Waals surface area contributed by atoms with E-state index in [1.165, 1.54) is 0 Å². The van der Waals surface area contributed by atoms with Crippen LogP contribution < -0.4 is 10.5 Å². The number of hydrogen-bond acceptors (Lipinski definition) is 3. The molecule has 4 nitrogen and oxygen atoms in total. The van der Waals surface area contributed by atoms with Crippen LogP contribution in [0.25, 0.3) is 0 Å². The van der Waals surface area contributed by atoms with E-state index in [0.29, 0.717) is 0 Å². The van der Waals surface area contributed by atoms with Gasteiger partial charge in [-0.15, -0.1) is 0 Å². The van der Waals surface area contributed by atoms with Gasteiger partial charge in [-0.05, 0) is 19.1 Å². The van der Waals surface area contributed by atoms with Gasteiger partial charge in [-0.25, -0.2) is 0 Å². The fourth-order valence-corrected chi connectivity index (χ4v) is 1.71. The number of nitrogens with zero attached hydrogens (tertiary/aromatic N) is 2. The number of nitrogens with two attached hydrogens (primary N) is 1. The summed E-state index contributed by atoms with van der Waals surface area (Å²) in [5, 5.41) is 4.14. The van der Waals surface area contributed by atoms with Gasteiger partial charge in [-0.3, -0.25) is 4.68 Å². The first-order valence-corrected chi connectivity index (χ1v) is 5.62. The molecule has 90 valence electrons. The molecule has 0 bridgehead atoms. The first kappa shape index (κ1) is 11.7. The molecule has 0 radical (unpaired) electrons. The lowest BCUT2D eigenvalue weighted by molar-refractivity contribution is 0.180. The van der Waals surface area contributed by atoms with E-state index in [-0.39, 0.29) is 12.1 Å². The van der Waals surface area contributed by atoms with Crippen molar-refractivity contribution < 1.29 is 4.74 Å². The Bertz CT molecular complexity index is 465. The van der Waals surface area contributed by atoms with Gasteiger partial charge in [0.1, 0.15) is 11.9 Å². The lowest BCUT2D eigenvalue weighted by atomic mass is 10.1. The average molecular weight is 231 g/mol. The van der Waals surface area contributed by atoms with E-state index in [0.717, 1.165) is 11.3 Å². The first-order valence-electron chi connectivity index (χ1n) is 5.62. The lowest BCUT2D eigenvalue weighted by Crippen LogP contribution is -2.28. The molecule has 2 atom stereocenters. The Morgan fingerprint density at radius 3 is 2.53 bits per heavy atom. The van der Waals surface area contributed by atoms with Gasteiger partial charge < -0.3 is 10.5 Å². The second kappa shape index (κ2) is 5.01. The zero-order valence-corrected chi connectivity index (χ0v) is 10.1. The Labute approximate surface area is 101 Å². The number of benzene rings is 1. The zero-order valence-electron chi connectivity index (χ0n) is 10.1.